The molecule has 0 atom stereocenters. The Kier molecular flexibility index (Phi) is 10.0. The Morgan fingerprint density at radius 2 is 1.64 bits per heavy atom. The van der Waals surface area contributed by atoms with Crippen LogP contribution in [-0.2, 0) is 0 Å². The van der Waals surface area contributed by atoms with Crippen LogP contribution in [0.4, 0.5) is 0 Å². The number of hydrogen-bond acceptors (Lipinski definition) is 5. The molecule has 0 spiro atoms. The molecule has 0 aliphatic rings. The lowest BCUT2D eigenvalue weighted by atomic mass is 10.5. The van der Waals surface area contributed by atoms with Gasteiger partial charge in [0.2, 0.25) is 0 Å². The zero-order valence-electron chi connectivity index (χ0n) is 6.69. The van der Waals surface area contributed by atoms with Gasteiger partial charge in [0.15, 0.2) is 0 Å². The molecule has 0 unspecified atom stereocenters. The van der Waals surface area contributed by atoms with Crippen molar-refractivity contribution in [3.05, 3.63) is 0 Å². The predicted molar refractivity (Wildman–Crippen MR) is 43.6 cm³/mol. The van der Waals surface area contributed by atoms with E-state index in [2.05, 4.69) is 0 Å². The molecule has 0 aromatic rings. The van der Waals surface area contributed by atoms with Crippen LogP contribution in [0, 0.1) is 0 Å². The molecular formula is C5H17NO4Si. The summed E-state index contributed by atoms with van der Waals surface area (Å²) in [6.07, 6.45) is 0.468. The molecule has 0 amide bonds. The van der Waals surface area contributed by atoms with E-state index < -0.39 is 8.80 Å². The molecule has 0 aromatic heterocycles. The Bertz CT molecular complexity index is 75.4. The molecule has 0 radical (unpaired) electrons. The molecule has 11 heavy (non-hydrogen) atoms. The summed E-state index contributed by atoms with van der Waals surface area (Å²) in [5.41, 5.74) is 5.02. The Labute approximate surface area is 67.5 Å². The van der Waals surface area contributed by atoms with Gasteiger partial charge in [-0.15, -0.1) is 0 Å². The van der Waals surface area contributed by atoms with Gasteiger partial charge in [-0.25, -0.2) is 0 Å². The highest BCUT2D eigenvalue weighted by Crippen LogP contribution is 1.97. The van der Waals surface area contributed by atoms with E-state index in [9.17, 15) is 0 Å². The monoisotopic (exact) mass is 183 g/mol. The maximum Gasteiger partial charge on any atom is 0.492 e. The van der Waals surface area contributed by atoms with Crippen LogP contribution in [0.1, 0.15) is 13.3 Å². The summed E-state index contributed by atoms with van der Waals surface area (Å²) in [5, 5.41) is 7.57. The van der Waals surface area contributed by atoms with Gasteiger partial charge in [-0.3, -0.25) is 0 Å². The highest BCUT2D eigenvalue weighted by molar-refractivity contribution is 6.56. The lowest BCUT2D eigenvalue weighted by Gasteiger charge is -2.06. The van der Waals surface area contributed by atoms with Gasteiger partial charge in [0.05, 0.1) is 0 Å². The molecule has 0 fully saturated rings. The average Bonchev–Trinajstić information content (AvgIpc) is 1.84. The van der Waals surface area contributed by atoms with E-state index in [1.807, 2.05) is 0 Å². The topological polar surface area (TPSA) is 107 Å². The van der Waals surface area contributed by atoms with Gasteiger partial charge in [0, 0.05) is 12.7 Å². The molecule has 0 aliphatic carbocycles. The molecule has 70 valence electrons. The molecular weight excluding hydrogens is 166 g/mol. The van der Waals surface area contributed by atoms with Crippen LogP contribution in [0.25, 0.3) is 0 Å². The fourth-order valence-electron chi connectivity index (χ4n) is 0.339. The number of nitrogens with two attached hydrogens (primary N) is 1. The van der Waals surface area contributed by atoms with Crippen LogP contribution >= 0.6 is 0 Å². The quantitative estimate of drug-likeness (QED) is 0.334. The summed E-state index contributed by atoms with van der Waals surface area (Å²) in [7, 11) is -3.76. The van der Waals surface area contributed by atoms with Crippen molar-refractivity contribution in [3.8, 4) is 0 Å². The second-order valence-corrected chi connectivity index (χ2v) is 4.03. The van der Waals surface area contributed by atoms with Crippen molar-refractivity contribution < 1.29 is 19.5 Å². The summed E-state index contributed by atoms with van der Waals surface area (Å²) in [5.74, 6) is 0. The van der Waals surface area contributed by atoms with Crippen molar-refractivity contribution in [2.75, 3.05) is 13.2 Å². The van der Waals surface area contributed by atoms with Crippen LogP contribution < -0.4 is 5.73 Å². The van der Waals surface area contributed by atoms with Crippen molar-refractivity contribution in [2.24, 2.45) is 5.73 Å². The van der Waals surface area contributed by atoms with E-state index in [0.29, 0.717) is 13.0 Å². The normalized spacial score (nSPS) is 10.4. The SMILES string of the molecule is CCO.NCCC[Si](O)(O)O. The third kappa shape index (κ3) is 25.6. The molecule has 0 saturated carbocycles. The number of aliphatic hydroxyl groups is 1. The summed E-state index contributed by atoms with van der Waals surface area (Å²) in [4.78, 5) is 25.0. The molecule has 0 aromatic carbocycles. The molecule has 0 saturated heterocycles. The van der Waals surface area contributed by atoms with Crippen LogP contribution in [0.15, 0.2) is 0 Å². The minimum Gasteiger partial charge on any atom is -0.397 e. The van der Waals surface area contributed by atoms with E-state index in [1.165, 1.54) is 0 Å². The predicted octanol–water partition coefficient (Wildman–Crippen LogP) is -1.75. The zero-order chi connectivity index (χ0) is 9.33. The second kappa shape index (κ2) is 8.12. The van der Waals surface area contributed by atoms with Gasteiger partial charge in [-0.2, -0.15) is 0 Å². The smallest absolute Gasteiger partial charge is 0.397 e. The molecule has 6 heteroatoms. The Balaban J connectivity index is 0. The van der Waals surface area contributed by atoms with Crippen LogP contribution in [-0.4, -0.2) is 41.4 Å². The first kappa shape index (κ1) is 13.6. The number of rotatable bonds is 3. The van der Waals surface area contributed by atoms with Gasteiger partial charge in [0.25, 0.3) is 0 Å². The maximum absolute atomic E-state index is 8.34. The number of hydrogen-bond donors (Lipinski definition) is 5. The zero-order valence-corrected chi connectivity index (χ0v) is 7.69. The summed E-state index contributed by atoms with van der Waals surface area (Å²) < 4.78 is 0. The fourth-order valence-corrected chi connectivity index (χ4v) is 1.02. The summed E-state index contributed by atoms with van der Waals surface area (Å²) >= 11 is 0. The van der Waals surface area contributed by atoms with Crippen molar-refractivity contribution in [2.45, 2.75) is 19.4 Å². The van der Waals surface area contributed by atoms with Crippen molar-refractivity contribution in [3.63, 3.8) is 0 Å². The van der Waals surface area contributed by atoms with E-state index in [4.69, 9.17) is 25.2 Å². The molecule has 5 nitrogen and oxygen atoms in total. The molecule has 0 bridgehead atoms. The lowest BCUT2D eigenvalue weighted by Crippen LogP contribution is -2.34. The van der Waals surface area contributed by atoms with Gasteiger partial charge in [-0.05, 0) is 19.9 Å². The van der Waals surface area contributed by atoms with Crippen molar-refractivity contribution >= 4 is 8.80 Å². The minimum atomic E-state index is -3.76. The van der Waals surface area contributed by atoms with Gasteiger partial charge < -0.3 is 25.2 Å². The Morgan fingerprint density at radius 3 is 1.73 bits per heavy atom. The van der Waals surface area contributed by atoms with Gasteiger partial charge >= 0.3 is 8.80 Å². The Morgan fingerprint density at radius 1 is 1.27 bits per heavy atom. The summed E-state index contributed by atoms with van der Waals surface area (Å²) in [6, 6.07) is 0.0451. The molecule has 6 N–H and O–H groups in total. The largest absolute Gasteiger partial charge is 0.492 e. The first-order chi connectivity index (χ1) is 4.97. The first-order valence-corrected chi connectivity index (χ1v) is 5.50. The van der Waals surface area contributed by atoms with E-state index in [0.717, 1.165) is 0 Å². The summed E-state index contributed by atoms with van der Waals surface area (Å²) in [6.45, 7) is 2.32. The fraction of sp³-hybridized carbons (Fsp3) is 1.00. The number of aliphatic hydroxyl groups excluding tert-OH is 1. The van der Waals surface area contributed by atoms with E-state index in [-0.39, 0.29) is 12.7 Å². The van der Waals surface area contributed by atoms with Crippen molar-refractivity contribution in [1.82, 2.24) is 0 Å². The van der Waals surface area contributed by atoms with Gasteiger partial charge in [-0.1, -0.05) is 0 Å². The second-order valence-electron chi connectivity index (χ2n) is 1.98. The standard InChI is InChI=1S/C3H11NO3Si.C2H6O/c4-2-1-3-8(5,6)7;1-2-3/h5-7H,1-4H2;3H,2H2,1H3. The first-order valence-electron chi connectivity index (χ1n) is 3.46. The molecule has 0 aliphatic heterocycles. The maximum atomic E-state index is 8.34. The average molecular weight is 183 g/mol. The Hall–Kier alpha value is 0.0169. The van der Waals surface area contributed by atoms with Crippen LogP contribution in [0.2, 0.25) is 6.04 Å². The minimum absolute atomic E-state index is 0.0451. The third-order valence-electron chi connectivity index (χ3n) is 0.716. The van der Waals surface area contributed by atoms with E-state index in [1.54, 1.807) is 6.92 Å². The van der Waals surface area contributed by atoms with E-state index >= 15 is 0 Å². The van der Waals surface area contributed by atoms with Crippen LogP contribution in [0.3, 0.4) is 0 Å². The molecule has 0 rings (SSSR count). The highest BCUT2D eigenvalue weighted by Gasteiger charge is 2.24. The van der Waals surface area contributed by atoms with Gasteiger partial charge in [0.1, 0.15) is 0 Å². The van der Waals surface area contributed by atoms with Crippen molar-refractivity contribution in [1.29, 1.82) is 0 Å². The lowest BCUT2D eigenvalue weighted by molar-refractivity contribution is 0.227. The molecule has 0 heterocycles. The highest BCUT2D eigenvalue weighted by atomic mass is 28.4. The third-order valence-corrected chi connectivity index (χ3v) is 1.74. The van der Waals surface area contributed by atoms with Crippen LogP contribution in [0.5, 0.6) is 0 Å².